The Hall–Kier alpha value is -2.62. The zero-order valence-electron chi connectivity index (χ0n) is 16.4. The van der Waals surface area contributed by atoms with Crippen LogP contribution < -0.4 is 0 Å². The second-order valence-electron chi connectivity index (χ2n) is 7.34. The second kappa shape index (κ2) is 7.55. The van der Waals surface area contributed by atoms with E-state index in [4.69, 9.17) is 9.47 Å². The lowest BCUT2D eigenvalue weighted by molar-refractivity contribution is -0.168. The maximum atomic E-state index is 12.5. The van der Waals surface area contributed by atoms with E-state index in [0.717, 1.165) is 29.5 Å². The van der Waals surface area contributed by atoms with Gasteiger partial charge in [-0.1, -0.05) is 36.4 Å². The van der Waals surface area contributed by atoms with Crippen LogP contribution >= 0.6 is 0 Å². The number of fused-ring (bicyclic) bond motifs is 1. The quantitative estimate of drug-likeness (QED) is 0.600. The number of hydrogen-bond donors (Lipinski definition) is 0. The number of aryl methyl sites for hydroxylation is 3. The summed E-state index contributed by atoms with van der Waals surface area (Å²) in [6.45, 7) is 4.14. The molecule has 1 aliphatic rings. The molecule has 0 atom stereocenters. The molecule has 3 rings (SSSR count). The molecule has 0 spiro atoms. The maximum absolute atomic E-state index is 12.5. The molecule has 4 heteroatoms. The highest BCUT2D eigenvalue weighted by Crippen LogP contribution is 2.43. The number of ether oxygens (including phenoxy) is 2. The van der Waals surface area contributed by atoms with Crippen LogP contribution in [0.5, 0.6) is 0 Å². The molecule has 0 aromatic heterocycles. The fraction of sp³-hybridized carbons (Fsp3) is 0.391. The summed E-state index contributed by atoms with van der Waals surface area (Å²) >= 11 is 0. The number of benzene rings is 2. The molecule has 0 fully saturated rings. The molecule has 2 aromatic carbocycles. The van der Waals surface area contributed by atoms with Crippen LogP contribution in [0.1, 0.15) is 33.4 Å². The van der Waals surface area contributed by atoms with Gasteiger partial charge < -0.3 is 9.47 Å². The first-order valence-electron chi connectivity index (χ1n) is 9.24. The van der Waals surface area contributed by atoms with E-state index in [-0.39, 0.29) is 0 Å². The minimum absolute atomic E-state index is 0.341. The smallest absolute Gasteiger partial charge is 0.323 e. The van der Waals surface area contributed by atoms with Crippen molar-refractivity contribution in [3.63, 3.8) is 0 Å². The van der Waals surface area contributed by atoms with E-state index in [1.165, 1.54) is 30.9 Å². The largest absolute Gasteiger partial charge is 0.468 e. The average molecular weight is 366 g/mol. The third kappa shape index (κ3) is 3.36. The summed E-state index contributed by atoms with van der Waals surface area (Å²) in [4.78, 5) is 25.0. The van der Waals surface area contributed by atoms with E-state index < -0.39 is 17.4 Å². The van der Waals surface area contributed by atoms with Crippen LogP contribution in [-0.2, 0) is 44.7 Å². The van der Waals surface area contributed by atoms with Crippen molar-refractivity contribution < 1.29 is 19.1 Å². The summed E-state index contributed by atoms with van der Waals surface area (Å²) in [6, 6.07) is 12.6. The van der Waals surface area contributed by atoms with Crippen molar-refractivity contribution in [1.29, 1.82) is 0 Å². The van der Waals surface area contributed by atoms with Crippen molar-refractivity contribution in [1.82, 2.24) is 0 Å². The lowest BCUT2D eigenvalue weighted by Gasteiger charge is -2.22. The fourth-order valence-corrected chi connectivity index (χ4v) is 4.21. The first-order valence-corrected chi connectivity index (χ1v) is 9.24. The monoisotopic (exact) mass is 366 g/mol. The zero-order valence-corrected chi connectivity index (χ0v) is 16.4. The second-order valence-corrected chi connectivity index (χ2v) is 7.34. The molecule has 2 aromatic rings. The van der Waals surface area contributed by atoms with Gasteiger partial charge in [-0.15, -0.1) is 0 Å². The molecule has 0 radical (unpaired) electrons. The summed E-state index contributed by atoms with van der Waals surface area (Å²) in [5, 5.41) is 0. The first-order chi connectivity index (χ1) is 12.9. The topological polar surface area (TPSA) is 52.6 Å². The van der Waals surface area contributed by atoms with Gasteiger partial charge in [-0.3, -0.25) is 9.59 Å². The van der Waals surface area contributed by atoms with Gasteiger partial charge in [-0.2, -0.15) is 0 Å². The van der Waals surface area contributed by atoms with E-state index in [2.05, 4.69) is 44.2 Å². The molecule has 0 unspecified atom stereocenters. The molecule has 0 saturated heterocycles. The SMILES string of the molecule is COC(=O)C1(C(=O)OC)Cc2c(C)cc(CCc3ccccc3)c(C)c2C1. The number of hydrogen-bond acceptors (Lipinski definition) is 4. The molecule has 0 heterocycles. The van der Waals surface area contributed by atoms with Crippen LogP contribution in [0.15, 0.2) is 36.4 Å². The van der Waals surface area contributed by atoms with Crippen molar-refractivity contribution in [3.05, 3.63) is 69.8 Å². The molecule has 4 nitrogen and oxygen atoms in total. The van der Waals surface area contributed by atoms with Crippen LogP contribution in [-0.4, -0.2) is 26.2 Å². The lowest BCUT2D eigenvalue weighted by atomic mass is 9.84. The van der Waals surface area contributed by atoms with E-state index in [0.29, 0.717) is 12.8 Å². The lowest BCUT2D eigenvalue weighted by Crippen LogP contribution is -2.42. The van der Waals surface area contributed by atoms with E-state index in [1.54, 1.807) is 0 Å². The number of methoxy groups -OCH3 is 2. The molecular formula is C23H26O4. The van der Waals surface area contributed by atoms with Crippen LogP contribution in [0.4, 0.5) is 0 Å². The third-order valence-electron chi connectivity index (χ3n) is 5.80. The molecule has 0 N–H and O–H groups in total. The van der Waals surface area contributed by atoms with Crippen molar-refractivity contribution in [2.45, 2.75) is 39.5 Å². The van der Waals surface area contributed by atoms with Gasteiger partial charge in [0.05, 0.1) is 14.2 Å². The van der Waals surface area contributed by atoms with E-state index >= 15 is 0 Å². The maximum Gasteiger partial charge on any atom is 0.323 e. The fourth-order valence-electron chi connectivity index (χ4n) is 4.21. The van der Waals surface area contributed by atoms with Crippen LogP contribution in [0, 0.1) is 19.3 Å². The summed E-state index contributed by atoms with van der Waals surface area (Å²) < 4.78 is 9.93. The van der Waals surface area contributed by atoms with Gasteiger partial charge in [0.15, 0.2) is 5.41 Å². The van der Waals surface area contributed by atoms with Gasteiger partial charge in [-0.05, 0) is 60.1 Å². The number of rotatable bonds is 5. The summed E-state index contributed by atoms with van der Waals surface area (Å²) in [5.41, 5.74) is 5.75. The minimum Gasteiger partial charge on any atom is -0.468 e. The van der Waals surface area contributed by atoms with E-state index in [9.17, 15) is 9.59 Å². The van der Waals surface area contributed by atoms with Gasteiger partial charge in [0, 0.05) is 12.8 Å². The van der Waals surface area contributed by atoms with Crippen molar-refractivity contribution in [2.24, 2.45) is 5.41 Å². The van der Waals surface area contributed by atoms with Gasteiger partial charge in [0.1, 0.15) is 0 Å². The van der Waals surface area contributed by atoms with E-state index in [1.807, 2.05) is 6.07 Å². The first kappa shape index (κ1) is 19.2. The predicted molar refractivity (Wildman–Crippen MR) is 104 cm³/mol. The van der Waals surface area contributed by atoms with Gasteiger partial charge in [0.2, 0.25) is 0 Å². The van der Waals surface area contributed by atoms with Crippen molar-refractivity contribution >= 4 is 11.9 Å². The Morgan fingerprint density at radius 3 is 2.11 bits per heavy atom. The highest BCUT2D eigenvalue weighted by molar-refractivity contribution is 6.01. The highest BCUT2D eigenvalue weighted by atomic mass is 16.5. The Bertz CT molecular complexity index is 852. The molecule has 0 aliphatic heterocycles. The van der Waals surface area contributed by atoms with Crippen LogP contribution in [0.25, 0.3) is 0 Å². The summed E-state index contributed by atoms with van der Waals surface area (Å²) in [7, 11) is 2.64. The standard InChI is InChI=1S/C23H26O4/c1-15-12-18(11-10-17-8-6-5-7-9-17)16(2)20-14-23(13-19(15)20,21(24)26-3)22(25)27-4/h5-9,12H,10-11,13-14H2,1-4H3. The predicted octanol–water partition coefficient (Wildman–Crippen LogP) is 3.52. The Morgan fingerprint density at radius 1 is 0.926 bits per heavy atom. The third-order valence-corrected chi connectivity index (χ3v) is 5.80. The minimum atomic E-state index is -1.26. The van der Waals surface area contributed by atoms with Gasteiger partial charge in [0.25, 0.3) is 0 Å². The molecule has 142 valence electrons. The van der Waals surface area contributed by atoms with Crippen LogP contribution in [0.3, 0.4) is 0 Å². The molecular weight excluding hydrogens is 340 g/mol. The Kier molecular flexibility index (Phi) is 5.36. The number of carbonyl (C=O) groups is 2. The zero-order chi connectivity index (χ0) is 19.6. The van der Waals surface area contributed by atoms with Crippen LogP contribution in [0.2, 0.25) is 0 Å². The highest BCUT2D eigenvalue weighted by Gasteiger charge is 2.53. The van der Waals surface area contributed by atoms with Crippen molar-refractivity contribution in [2.75, 3.05) is 14.2 Å². The summed E-state index contributed by atoms with van der Waals surface area (Å²) in [5.74, 6) is -1.04. The Labute approximate surface area is 160 Å². The molecule has 0 amide bonds. The molecule has 1 aliphatic carbocycles. The normalized spacial score (nSPS) is 14.5. The Balaban J connectivity index is 1.94. The summed E-state index contributed by atoms with van der Waals surface area (Å²) in [6.07, 6.45) is 2.56. The number of carbonyl (C=O) groups excluding carboxylic acids is 2. The average Bonchev–Trinajstić information content (AvgIpc) is 3.12. The Morgan fingerprint density at radius 2 is 1.52 bits per heavy atom. The number of esters is 2. The molecule has 0 saturated carbocycles. The van der Waals surface area contributed by atoms with Gasteiger partial charge in [-0.25, -0.2) is 0 Å². The van der Waals surface area contributed by atoms with Crippen molar-refractivity contribution in [3.8, 4) is 0 Å². The van der Waals surface area contributed by atoms with Gasteiger partial charge >= 0.3 is 11.9 Å². The molecule has 0 bridgehead atoms. The molecule has 27 heavy (non-hydrogen) atoms.